The molecule has 0 aliphatic carbocycles. The minimum absolute atomic E-state index is 0.122. The van der Waals surface area contributed by atoms with E-state index in [0.717, 1.165) is 26.4 Å². The van der Waals surface area contributed by atoms with Gasteiger partial charge in [0.15, 0.2) is 0 Å². The molecule has 1 heterocycles. The average Bonchev–Trinajstić information content (AvgIpc) is 3.03. The summed E-state index contributed by atoms with van der Waals surface area (Å²) in [5, 5.41) is 6.62. The van der Waals surface area contributed by atoms with Crippen molar-refractivity contribution in [2.24, 2.45) is 0 Å². The highest BCUT2D eigenvalue weighted by molar-refractivity contribution is 7.18. The largest absolute Gasteiger partial charge is 0.350 e. The van der Waals surface area contributed by atoms with Crippen LogP contribution in [0.3, 0.4) is 0 Å². The monoisotopic (exact) mass is 367 g/mol. The maximum absolute atomic E-state index is 12.4. The van der Waals surface area contributed by atoms with Gasteiger partial charge < -0.3 is 10.6 Å². The third kappa shape index (κ3) is 4.67. The van der Waals surface area contributed by atoms with Crippen LogP contribution in [-0.4, -0.2) is 16.8 Å². The van der Waals surface area contributed by atoms with E-state index in [0.29, 0.717) is 6.54 Å². The summed E-state index contributed by atoms with van der Waals surface area (Å²) in [5.41, 5.74) is 2.99. The summed E-state index contributed by atoms with van der Waals surface area (Å²) in [6, 6.07) is 15.4. The highest BCUT2D eigenvalue weighted by Crippen LogP contribution is 2.22. The zero-order valence-corrected chi connectivity index (χ0v) is 15.6. The number of nitrogens with one attached hydrogen (secondary N) is 2. The molecule has 1 atom stereocenters. The Balaban J connectivity index is 1.63. The average molecular weight is 367 g/mol. The molecule has 0 bridgehead atoms. The van der Waals surface area contributed by atoms with E-state index >= 15 is 0 Å². The van der Waals surface area contributed by atoms with Crippen LogP contribution in [0.1, 0.15) is 35.5 Å². The van der Waals surface area contributed by atoms with Crippen molar-refractivity contribution in [3.63, 3.8) is 0 Å². The van der Waals surface area contributed by atoms with Gasteiger partial charge in [0.1, 0.15) is 5.01 Å². The number of nitrogens with zero attached hydrogens (tertiary/aromatic N) is 1. The number of fused-ring (bicyclic) bond motifs is 1. The van der Waals surface area contributed by atoms with Gasteiger partial charge in [0.2, 0.25) is 11.8 Å². The van der Waals surface area contributed by atoms with Crippen molar-refractivity contribution in [1.29, 1.82) is 0 Å². The van der Waals surface area contributed by atoms with E-state index in [-0.39, 0.29) is 24.3 Å². The van der Waals surface area contributed by atoms with Gasteiger partial charge in [0.25, 0.3) is 0 Å². The molecule has 0 aliphatic heterocycles. The molecule has 2 amide bonds. The first-order chi connectivity index (χ1) is 12.5. The van der Waals surface area contributed by atoms with Crippen LogP contribution in [0.15, 0.2) is 48.5 Å². The molecule has 26 heavy (non-hydrogen) atoms. The Hall–Kier alpha value is -2.73. The van der Waals surface area contributed by atoms with Gasteiger partial charge in [-0.2, -0.15) is 0 Å². The number of amides is 2. The lowest BCUT2D eigenvalue weighted by Gasteiger charge is -2.18. The summed E-state index contributed by atoms with van der Waals surface area (Å²) >= 11 is 1.57. The predicted octanol–water partition coefficient (Wildman–Crippen LogP) is 3.49. The van der Waals surface area contributed by atoms with Crippen molar-refractivity contribution < 1.29 is 9.59 Å². The number of carbonyl (C=O) groups excluding carboxylic acids is 2. The van der Waals surface area contributed by atoms with E-state index < -0.39 is 0 Å². The molecule has 2 aromatic carbocycles. The summed E-state index contributed by atoms with van der Waals surface area (Å²) in [6.45, 7) is 3.85. The van der Waals surface area contributed by atoms with Gasteiger partial charge in [0.05, 0.1) is 29.2 Å². The maximum Gasteiger partial charge on any atom is 0.222 e. The Morgan fingerprint density at radius 1 is 1.12 bits per heavy atom. The number of para-hydroxylation sites is 1. The van der Waals surface area contributed by atoms with Crippen molar-refractivity contribution in [3.8, 4) is 0 Å². The van der Waals surface area contributed by atoms with Crippen LogP contribution in [0.5, 0.6) is 0 Å². The summed E-state index contributed by atoms with van der Waals surface area (Å²) in [7, 11) is 0. The first-order valence-electron chi connectivity index (χ1n) is 8.46. The van der Waals surface area contributed by atoms with Gasteiger partial charge in [-0.3, -0.25) is 9.59 Å². The fourth-order valence-electron chi connectivity index (χ4n) is 2.72. The molecule has 1 aromatic heterocycles. The second-order valence-electron chi connectivity index (χ2n) is 6.22. The van der Waals surface area contributed by atoms with Crippen LogP contribution in [0, 0.1) is 6.92 Å². The van der Waals surface area contributed by atoms with Crippen LogP contribution in [0.25, 0.3) is 10.2 Å². The number of benzene rings is 2. The lowest BCUT2D eigenvalue weighted by molar-refractivity contribution is -0.122. The Morgan fingerprint density at radius 2 is 1.85 bits per heavy atom. The van der Waals surface area contributed by atoms with E-state index in [1.165, 1.54) is 6.92 Å². The minimum atomic E-state index is -0.344. The third-order valence-electron chi connectivity index (χ3n) is 4.02. The fourth-order valence-corrected chi connectivity index (χ4v) is 3.63. The normalized spacial score (nSPS) is 11.9. The molecular formula is C20H21N3O2S. The Morgan fingerprint density at radius 3 is 2.54 bits per heavy atom. The van der Waals surface area contributed by atoms with Gasteiger partial charge in [-0.25, -0.2) is 4.98 Å². The van der Waals surface area contributed by atoms with E-state index in [9.17, 15) is 9.59 Å². The van der Waals surface area contributed by atoms with E-state index in [1.54, 1.807) is 11.3 Å². The van der Waals surface area contributed by atoms with Crippen molar-refractivity contribution in [1.82, 2.24) is 15.6 Å². The van der Waals surface area contributed by atoms with Crippen LogP contribution in [0.2, 0.25) is 0 Å². The van der Waals surface area contributed by atoms with Gasteiger partial charge in [-0.05, 0) is 24.6 Å². The summed E-state index contributed by atoms with van der Waals surface area (Å²) in [6.07, 6.45) is 0.188. The Bertz CT molecular complexity index is 885. The second-order valence-corrected chi connectivity index (χ2v) is 7.34. The molecule has 5 nitrogen and oxygen atoms in total. The molecular weight excluding hydrogens is 346 g/mol. The number of hydrogen-bond acceptors (Lipinski definition) is 4. The number of hydrogen-bond donors (Lipinski definition) is 2. The molecule has 0 saturated carbocycles. The molecule has 6 heteroatoms. The Kier molecular flexibility index (Phi) is 5.63. The van der Waals surface area contributed by atoms with Crippen molar-refractivity contribution >= 4 is 33.4 Å². The SMILES string of the molecule is CC(=O)N[C@H](CC(=O)NCc1nc2ccccc2s1)c1ccc(C)cc1. The minimum Gasteiger partial charge on any atom is -0.350 e. The molecule has 3 rings (SSSR count). The molecule has 0 fully saturated rings. The molecule has 0 saturated heterocycles. The zero-order valence-electron chi connectivity index (χ0n) is 14.8. The van der Waals surface area contributed by atoms with Crippen molar-refractivity contribution in [2.45, 2.75) is 32.9 Å². The number of aromatic nitrogens is 1. The van der Waals surface area contributed by atoms with Gasteiger partial charge in [-0.15, -0.1) is 11.3 Å². The van der Waals surface area contributed by atoms with Gasteiger partial charge in [-0.1, -0.05) is 42.0 Å². The van der Waals surface area contributed by atoms with Gasteiger partial charge >= 0.3 is 0 Å². The quantitative estimate of drug-likeness (QED) is 0.701. The number of carbonyl (C=O) groups is 2. The molecule has 2 N–H and O–H groups in total. The molecule has 3 aromatic rings. The number of thiazole rings is 1. The van der Waals surface area contributed by atoms with Crippen LogP contribution in [0.4, 0.5) is 0 Å². The predicted molar refractivity (Wildman–Crippen MR) is 104 cm³/mol. The van der Waals surface area contributed by atoms with Crippen LogP contribution >= 0.6 is 11.3 Å². The third-order valence-corrected chi connectivity index (χ3v) is 5.06. The van der Waals surface area contributed by atoms with Gasteiger partial charge in [0, 0.05) is 6.92 Å². The van der Waals surface area contributed by atoms with E-state index in [1.807, 2.05) is 55.5 Å². The topological polar surface area (TPSA) is 71.1 Å². The van der Waals surface area contributed by atoms with E-state index in [2.05, 4.69) is 15.6 Å². The Labute approximate surface area is 156 Å². The van der Waals surface area contributed by atoms with Crippen LogP contribution < -0.4 is 10.6 Å². The zero-order chi connectivity index (χ0) is 18.5. The standard InChI is InChI=1S/C20H21N3O2S/c1-13-7-9-15(10-8-13)17(22-14(2)24)11-19(25)21-12-20-23-16-5-3-4-6-18(16)26-20/h3-10,17H,11-12H2,1-2H3,(H,21,25)(H,22,24)/t17-/m1/s1. The van der Waals surface area contributed by atoms with Crippen molar-refractivity contribution in [3.05, 3.63) is 64.7 Å². The second kappa shape index (κ2) is 8.10. The fraction of sp³-hybridized carbons (Fsp3) is 0.250. The first-order valence-corrected chi connectivity index (χ1v) is 9.28. The van der Waals surface area contributed by atoms with Crippen molar-refractivity contribution in [2.75, 3.05) is 0 Å². The lowest BCUT2D eigenvalue weighted by atomic mass is 10.0. The molecule has 0 aliphatic rings. The number of rotatable bonds is 6. The molecule has 0 spiro atoms. The summed E-state index contributed by atoms with van der Waals surface area (Å²) < 4.78 is 1.10. The number of aryl methyl sites for hydroxylation is 1. The highest BCUT2D eigenvalue weighted by Gasteiger charge is 2.17. The van der Waals surface area contributed by atoms with Crippen LogP contribution in [-0.2, 0) is 16.1 Å². The molecule has 0 unspecified atom stereocenters. The summed E-state index contributed by atoms with van der Waals surface area (Å²) in [5.74, 6) is -0.280. The van der Waals surface area contributed by atoms with E-state index in [4.69, 9.17) is 0 Å². The molecule has 134 valence electrons. The lowest BCUT2D eigenvalue weighted by Crippen LogP contribution is -2.32. The highest BCUT2D eigenvalue weighted by atomic mass is 32.1. The smallest absolute Gasteiger partial charge is 0.222 e. The first kappa shape index (κ1) is 18.1. The molecule has 0 radical (unpaired) electrons. The maximum atomic E-state index is 12.4. The summed E-state index contributed by atoms with van der Waals surface area (Å²) in [4.78, 5) is 28.4.